The van der Waals surface area contributed by atoms with Gasteiger partial charge in [-0.3, -0.25) is 0 Å². The molecule has 0 saturated carbocycles. The van der Waals surface area contributed by atoms with Crippen molar-refractivity contribution in [1.82, 2.24) is 19.9 Å². The zero-order chi connectivity index (χ0) is 64.5. The van der Waals surface area contributed by atoms with E-state index in [-0.39, 0.29) is 24.4 Å². The molecule has 3 aromatic heterocycles. The summed E-state index contributed by atoms with van der Waals surface area (Å²) in [5.74, 6) is 3.29. The fourth-order valence-corrected chi connectivity index (χ4v) is 12.9. The largest absolute Gasteiger partial charge is 0.479 e. The molecule has 8 bridgehead atoms. The van der Waals surface area contributed by atoms with E-state index in [1.807, 2.05) is 0 Å². The Morgan fingerprint density at radius 2 is 0.477 bits per heavy atom. The number of hydrogen-bond acceptors (Lipinski definition) is 6. The summed E-state index contributed by atoms with van der Waals surface area (Å²) in [6.07, 6.45) is -0.115. The molecule has 7 aromatic rings. The predicted octanol–water partition coefficient (Wildman–Crippen LogP) is 9.93. The summed E-state index contributed by atoms with van der Waals surface area (Å²) in [6.45, 7) is 6.82. The van der Waals surface area contributed by atoms with E-state index in [2.05, 4.69) is 276 Å². The number of aromatic amines is 2. The van der Waals surface area contributed by atoms with E-state index >= 15 is 0 Å². The highest BCUT2D eigenvalue weighted by atomic mass is 16.5. The van der Waals surface area contributed by atoms with Crippen LogP contribution >= 0.6 is 0 Å². The zero-order valence-corrected chi connectivity index (χ0v) is 58.3. The second-order valence-electron chi connectivity index (χ2n) is 33.8. The third-order valence-corrected chi connectivity index (χ3v) is 15.6. The Morgan fingerprint density at radius 3 is 0.727 bits per heavy atom. The number of ether oxygens (including phenoxy) is 4. The molecule has 0 spiro atoms. The smallest absolute Gasteiger partial charge is 0.196 e. The fraction of sp³-hybridized carbons (Fsp3) is 0.500. The van der Waals surface area contributed by atoms with Crippen LogP contribution in [0.25, 0.3) is 88.6 Å². The zero-order valence-electron chi connectivity index (χ0n) is 58.3. The molecule has 88 heavy (non-hydrogen) atoms. The first kappa shape index (κ1) is 65.8. The topological polar surface area (TPSA) is 94.3 Å². The monoisotopic (exact) mass is 1210 g/mol. The molecule has 0 fully saturated rings. The summed E-state index contributed by atoms with van der Waals surface area (Å²) in [6, 6.07) is 35.0. The van der Waals surface area contributed by atoms with Gasteiger partial charge in [-0.1, -0.05) is 0 Å². The normalized spacial score (nSPS) is 13.8. The Morgan fingerprint density at radius 1 is 0.261 bits per heavy atom. The average Bonchev–Trinajstić information content (AvgIpc) is 1.74. The number of hydrogen-bond donors (Lipinski definition) is 2. The molecule has 0 amide bonds. The maximum Gasteiger partial charge on any atom is 0.196 e. The minimum absolute atomic E-state index is 0.0277. The first-order chi connectivity index (χ1) is 40.4. The van der Waals surface area contributed by atoms with E-state index in [0.29, 0.717) is 0 Å². The van der Waals surface area contributed by atoms with E-state index in [4.69, 9.17) is 28.9 Å². The second kappa shape index (κ2) is 24.0. The molecule has 16 nitrogen and oxygen atoms in total. The van der Waals surface area contributed by atoms with Gasteiger partial charge >= 0.3 is 0 Å². The standard InChI is InChI=1S/C72H110N12O4/c1-77(2,3)41-53(42-78(4,5)6)85-49-25-29-57-61(33-49)69-37-66-58-30-26-50(86-54(43-79(7,8)9)44-80(10,11)12)34-62(58)71(74-66)39-68-60-32-28-52(88-56(47-83(19,20)21)48-84(22,23)24)36-64(60)72(76-68)40-67-59-31-27-51(35-63(59)70(75-67)38-65(57)73-69)87-55(45-81(13,14)15)46-82(16,17)18/h25-40,53-56,73,76H,41-48H2,1-24H3/q+8. The van der Waals surface area contributed by atoms with Crippen LogP contribution in [0.5, 0.6) is 23.0 Å². The van der Waals surface area contributed by atoms with Crippen molar-refractivity contribution in [2.75, 3.05) is 222 Å². The number of fused-ring (bicyclic) bond motifs is 20. The lowest BCUT2D eigenvalue weighted by Crippen LogP contribution is -2.51. The summed E-state index contributed by atoms with van der Waals surface area (Å²) in [7, 11) is 53.6. The highest BCUT2D eigenvalue weighted by Gasteiger charge is 2.32. The van der Waals surface area contributed by atoms with Gasteiger partial charge in [-0.2, -0.15) is 0 Å². The number of nitrogens with one attached hydrogen (secondary N) is 2. The lowest BCUT2D eigenvalue weighted by atomic mass is 10.0. The molecule has 16 heteroatoms. The van der Waals surface area contributed by atoms with Crippen LogP contribution in [0.2, 0.25) is 0 Å². The van der Waals surface area contributed by atoms with Crippen LogP contribution in [0.15, 0.2) is 97.1 Å². The number of aromatic nitrogens is 4. The van der Waals surface area contributed by atoms with E-state index in [1.165, 1.54) is 0 Å². The fourth-order valence-electron chi connectivity index (χ4n) is 12.9. The Labute approximate surface area is 527 Å². The molecule has 0 atom stereocenters. The molecule has 0 radical (unpaired) electrons. The predicted molar refractivity (Wildman–Crippen MR) is 366 cm³/mol. The van der Waals surface area contributed by atoms with Gasteiger partial charge in [0.05, 0.1) is 192 Å². The van der Waals surface area contributed by atoms with Gasteiger partial charge < -0.3 is 64.8 Å². The average molecular weight is 1210 g/mol. The molecule has 2 aliphatic rings. The molecule has 5 heterocycles. The van der Waals surface area contributed by atoms with E-state index in [0.717, 1.165) is 200 Å². The van der Waals surface area contributed by atoms with E-state index < -0.39 is 0 Å². The van der Waals surface area contributed by atoms with Gasteiger partial charge in [0.1, 0.15) is 75.4 Å². The molecule has 0 aliphatic carbocycles. The van der Waals surface area contributed by atoms with E-state index in [9.17, 15) is 0 Å². The van der Waals surface area contributed by atoms with Crippen LogP contribution in [0, 0.1) is 0 Å². The number of quaternary nitrogens is 8. The van der Waals surface area contributed by atoms with Gasteiger partial charge in [-0.05, 0) is 97.1 Å². The Balaban J connectivity index is 1.33. The minimum Gasteiger partial charge on any atom is -0.479 e. The molecule has 474 valence electrons. The summed E-state index contributed by atoms with van der Waals surface area (Å²) < 4.78 is 34.5. The SMILES string of the molecule is C[N+](C)(C)CC(C[N+](C)(C)C)Oc1ccc2c(c1)-c1cc3[nH]c(cc4nc(cc5[nH]c(cc-2n1)c1cc(OC(C[N+](C)(C)C)C[N+](C)(C)C)ccc51)-c1cc(OC(C[N+](C)(C)C)C[N+](C)(C)C)ccc1-4)c1cc(OC(C[N+](C)(C)C)C[N+](C)(C)C)ccc31. The van der Waals surface area contributed by atoms with Crippen molar-refractivity contribution >= 4 is 43.6 Å². The highest BCUT2D eigenvalue weighted by Crippen LogP contribution is 2.44. The molecule has 2 N–H and O–H groups in total. The van der Waals surface area contributed by atoms with Gasteiger partial charge in [-0.25, -0.2) is 9.97 Å². The quantitative estimate of drug-likeness (QED) is 0.0586. The molecular formula is C72H110N12O4+8. The summed E-state index contributed by atoms with van der Waals surface area (Å²) >= 11 is 0. The van der Waals surface area contributed by atoms with Crippen LogP contribution < -0.4 is 18.9 Å². The van der Waals surface area contributed by atoms with Crippen LogP contribution in [-0.4, -0.2) is 302 Å². The minimum atomic E-state index is -0.0297. The third-order valence-electron chi connectivity index (χ3n) is 15.6. The van der Waals surface area contributed by atoms with Gasteiger partial charge in [0, 0.05) is 65.9 Å². The summed E-state index contributed by atoms with van der Waals surface area (Å²) in [4.78, 5) is 19.2. The highest BCUT2D eigenvalue weighted by molar-refractivity contribution is 6.11. The van der Waals surface area contributed by atoms with Crippen molar-refractivity contribution < 1.29 is 54.8 Å². The van der Waals surface area contributed by atoms with Gasteiger partial charge in [-0.15, -0.1) is 0 Å². The van der Waals surface area contributed by atoms with Crippen LogP contribution in [0.3, 0.4) is 0 Å². The first-order valence-corrected chi connectivity index (χ1v) is 31.4. The van der Waals surface area contributed by atoms with Crippen LogP contribution in [0.4, 0.5) is 0 Å². The Bertz CT molecular complexity index is 3530. The van der Waals surface area contributed by atoms with E-state index in [1.54, 1.807) is 0 Å². The lowest BCUT2D eigenvalue weighted by Gasteiger charge is -2.34. The third kappa shape index (κ3) is 17.8. The summed E-state index contributed by atoms with van der Waals surface area (Å²) in [5.41, 5.74) is 11.2. The lowest BCUT2D eigenvalue weighted by molar-refractivity contribution is -0.894. The molecule has 4 aromatic carbocycles. The number of nitrogens with zero attached hydrogens (tertiary/aromatic N) is 10. The van der Waals surface area contributed by atoms with Crippen LogP contribution in [-0.2, 0) is 0 Å². The summed E-state index contributed by atoms with van der Waals surface area (Å²) in [5, 5.41) is 4.17. The Hall–Kier alpha value is -6.60. The maximum absolute atomic E-state index is 7.07. The molecule has 0 unspecified atom stereocenters. The number of benzene rings is 4. The van der Waals surface area contributed by atoms with Gasteiger partial charge in [0.15, 0.2) is 24.4 Å². The van der Waals surface area contributed by atoms with Gasteiger partial charge in [0.25, 0.3) is 0 Å². The maximum atomic E-state index is 7.07. The van der Waals surface area contributed by atoms with Gasteiger partial charge in [0.2, 0.25) is 0 Å². The van der Waals surface area contributed by atoms with Crippen molar-refractivity contribution in [3.63, 3.8) is 0 Å². The number of rotatable bonds is 24. The van der Waals surface area contributed by atoms with Crippen LogP contribution in [0.1, 0.15) is 0 Å². The number of likely N-dealkylation sites (N-methyl/N-ethyl adjacent to an activating group) is 8. The van der Waals surface area contributed by atoms with Crippen molar-refractivity contribution in [1.29, 1.82) is 0 Å². The van der Waals surface area contributed by atoms with Crippen molar-refractivity contribution in [3.05, 3.63) is 97.1 Å². The van der Waals surface area contributed by atoms with Crippen molar-refractivity contribution in [2.24, 2.45) is 0 Å². The Kier molecular flexibility index (Phi) is 17.9. The molecule has 2 aliphatic heterocycles. The second-order valence-corrected chi connectivity index (χ2v) is 33.8. The number of H-pyrrole nitrogens is 2. The first-order valence-electron chi connectivity index (χ1n) is 31.4. The molecule has 9 rings (SSSR count). The van der Waals surface area contributed by atoms with Crippen molar-refractivity contribution in [2.45, 2.75) is 24.4 Å². The molecule has 0 saturated heterocycles. The van der Waals surface area contributed by atoms with Crippen molar-refractivity contribution in [3.8, 4) is 68.0 Å². The molecular weight excluding hydrogens is 1100 g/mol.